The first kappa shape index (κ1) is 35.1. The van der Waals surface area contributed by atoms with Crippen LogP contribution in [0.2, 0.25) is 10.0 Å². The van der Waals surface area contributed by atoms with Crippen LogP contribution < -0.4 is 15.2 Å². The van der Waals surface area contributed by atoms with Crippen molar-refractivity contribution in [1.29, 1.82) is 0 Å². The van der Waals surface area contributed by atoms with Crippen LogP contribution in [0.1, 0.15) is 91.4 Å². The minimum Gasteiger partial charge on any atom is -0.505 e. The van der Waals surface area contributed by atoms with Gasteiger partial charge in [-0.2, -0.15) is 5.10 Å². The molecule has 10 heteroatoms. The van der Waals surface area contributed by atoms with Crippen LogP contribution in [0.5, 0.6) is 5.75 Å². The lowest BCUT2D eigenvalue weighted by atomic mass is 9.94. The molecule has 0 aliphatic carbocycles. The molecule has 0 saturated heterocycles. The zero-order valence-corrected chi connectivity index (χ0v) is 28.0. The van der Waals surface area contributed by atoms with Gasteiger partial charge in [0.05, 0.1) is 27.1 Å². The molecule has 3 rings (SSSR count). The van der Waals surface area contributed by atoms with Crippen molar-refractivity contribution in [2.75, 3.05) is 29.7 Å². The first-order valence-electron chi connectivity index (χ1n) is 15.5. The zero-order valence-electron chi connectivity index (χ0n) is 25.7. The van der Waals surface area contributed by atoms with E-state index in [1.807, 2.05) is 44.2 Å². The van der Waals surface area contributed by atoms with Gasteiger partial charge in [0, 0.05) is 19.8 Å². The number of hydrogen-bond donors (Lipinski definition) is 2. The molecule has 1 aliphatic heterocycles. The van der Waals surface area contributed by atoms with E-state index in [1.54, 1.807) is 5.01 Å². The van der Waals surface area contributed by atoms with Gasteiger partial charge in [0.2, 0.25) is 0 Å². The van der Waals surface area contributed by atoms with Gasteiger partial charge in [-0.3, -0.25) is 4.90 Å². The molecule has 0 spiro atoms. The molecule has 0 bridgehead atoms. The molecule has 2 amide bonds. The van der Waals surface area contributed by atoms with Crippen LogP contribution in [-0.2, 0) is 4.74 Å². The van der Waals surface area contributed by atoms with Gasteiger partial charge in [-0.15, -0.1) is 0 Å². The van der Waals surface area contributed by atoms with Gasteiger partial charge in [-0.1, -0.05) is 118 Å². The summed E-state index contributed by atoms with van der Waals surface area (Å²) in [7, 11) is 0. The van der Waals surface area contributed by atoms with Gasteiger partial charge in [0.1, 0.15) is 10.5 Å². The standard InChI is InChI=1S/C33H46Cl2N4O3S/c1-4-5-6-7-8-9-10-11-12-16-21-42-22-17-20-36-32(41)38(27-23-28(34)30(40)29(35)24-27)33(3)25(2)37-39(31(33)43)26-18-14-13-15-19-26/h13-15,18-19,23-24,40H,4-12,16-17,20-22H2,1-3H3,(H,36,41). The van der Waals surface area contributed by atoms with Crippen LogP contribution in [0, 0.1) is 0 Å². The highest BCUT2D eigenvalue weighted by molar-refractivity contribution is 7.81. The number of urea groups is 1. The van der Waals surface area contributed by atoms with Crippen molar-refractivity contribution in [3.63, 3.8) is 0 Å². The van der Waals surface area contributed by atoms with E-state index in [-0.39, 0.29) is 21.8 Å². The Bertz CT molecular complexity index is 1210. The first-order valence-corrected chi connectivity index (χ1v) is 16.7. The van der Waals surface area contributed by atoms with E-state index < -0.39 is 5.54 Å². The topological polar surface area (TPSA) is 77.4 Å². The number of phenols is 1. The molecule has 43 heavy (non-hydrogen) atoms. The Labute approximate surface area is 272 Å². The summed E-state index contributed by atoms with van der Waals surface area (Å²) < 4.78 is 5.82. The van der Waals surface area contributed by atoms with Gasteiger partial charge in [-0.25, -0.2) is 9.80 Å². The fourth-order valence-corrected chi connectivity index (χ4v) is 6.02. The van der Waals surface area contributed by atoms with Gasteiger partial charge in [0.15, 0.2) is 5.75 Å². The second-order valence-corrected chi connectivity index (χ2v) is 12.4. The molecular formula is C33H46Cl2N4O3S. The highest BCUT2D eigenvalue weighted by Crippen LogP contribution is 2.40. The average molecular weight is 650 g/mol. The monoisotopic (exact) mass is 648 g/mol. The average Bonchev–Trinajstić information content (AvgIpc) is 3.22. The summed E-state index contributed by atoms with van der Waals surface area (Å²) >= 11 is 18.5. The van der Waals surface area contributed by atoms with Gasteiger partial charge >= 0.3 is 6.03 Å². The van der Waals surface area contributed by atoms with Crippen molar-refractivity contribution in [3.05, 3.63) is 52.5 Å². The summed E-state index contributed by atoms with van der Waals surface area (Å²) in [6.07, 6.45) is 13.6. The number of nitrogens with one attached hydrogen (secondary N) is 1. The Morgan fingerprint density at radius 2 is 1.53 bits per heavy atom. The number of rotatable bonds is 18. The van der Waals surface area contributed by atoms with Gasteiger partial charge < -0.3 is 15.2 Å². The van der Waals surface area contributed by atoms with Crippen LogP contribution in [0.15, 0.2) is 47.6 Å². The van der Waals surface area contributed by atoms with E-state index in [9.17, 15) is 9.90 Å². The molecule has 1 atom stereocenters. The number of amides is 2. The highest BCUT2D eigenvalue weighted by atomic mass is 35.5. The van der Waals surface area contributed by atoms with Crippen LogP contribution in [-0.4, -0.2) is 47.1 Å². The molecule has 0 fully saturated rings. The maximum Gasteiger partial charge on any atom is 0.323 e. The Morgan fingerprint density at radius 3 is 2.14 bits per heavy atom. The Hall–Kier alpha value is -2.39. The number of halogens is 2. The number of carbonyl (C=O) groups is 1. The number of benzene rings is 2. The largest absolute Gasteiger partial charge is 0.505 e. The van der Waals surface area contributed by atoms with Crippen molar-refractivity contribution in [2.45, 2.75) is 96.9 Å². The van der Waals surface area contributed by atoms with E-state index in [1.165, 1.54) is 74.8 Å². The molecule has 7 nitrogen and oxygen atoms in total. The number of para-hydroxylation sites is 1. The number of aromatic hydroxyl groups is 1. The molecule has 2 N–H and O–H groups in total. The van der Waals surface area contributed by atoms with Crippen LogP contribution in [0.3, 0.4) is 0 Å². The maximum absolute atomic E-state index is 13.8. The zero-order chi connectivity index (χ0) is 31.2. The van der Waals surface area contributed by atoms with Gasteiger partial charge in [0.25, 0.3) is 0 Å². The predicted molar refractivity (Wildman–Crippen MR) is 184 cm³/mol. The lowest BCUT2D eigenvalue weighted by Crippen LogP contribution is -2.61. The molecule has 1 unspecified atom stereocenters. The number of hydrazone groups is 1. The molecule has 0 radical (unpaired) electrons. The van der Waals surface area contributed by atoms with Crippen molar-refractivity contribution >= 4 is 63.5 Å². The molecule has 2 aromatic carbocycles. The summed E-state index contributed by atoms with van der Waals surface area (Å²) in [6.45, 7) is 7.64. The lowest BCUT2D eigenvalue weighted by molar-refractivity contribution is 0.127. The molecule has 1 heterocycles. The van der Waals surface area contributed by atoms with Crippen molar-refractivity contribution in [3.8, 4) is 5.75 Å². The minimum atomic E-state index is -1.11. The number of hydrogen-bond acceptors (Lipinski definition) is 5. The van der Waals surface area contributed by atoms with Crippen molar-refractivity contribution in [1.82, 2.24) is 5.32 Å². The summed E-state index contributed by atoms with van der Waals surface area (Å²) in [4.78, 5) is 15.7. The summed E-state index contributed by atoms with van der Waals surface area (Å²) in [5.41, 5.74) is 0.691. The van der Waals surface area contributed by atoms with E-state index in [2.05, 4.69) is 12.2 Å². The lowest BCUT2D eigenvalue weighted by Gasteiger charge is -2.39. The number of anilines is 2. The van der Waals surface area contributed by atoms with E-state index >= 15 is 0 Å². The normalized spacial score (nSPS) is 16.4. The Kier molecular flexibility index (Phi) is 14.5. The summed E-state index contributed by atoms with van der Waals surface area (Å²) in [6, 6.07) is 12.2. The fraction of sp³-hybridized carbons (Fsp3) is 0.545. The molecule has 0 saturated carbocycles. The Balaban J connectivity index is 1.54. The number of carbonyl (C=O) groups excluding carboxylic acids is 1. The number of unbranched alkanes of at least 4 members (excludes halogenated alkanes) is 9. The third kappa shape index (κ3) is 9.55. The summed E-state index contributed by atoms with van der Waals surface area (Å²) in [5.74, 6) is -0.248. The summed E-state index contributed by atoms with van der Waals surface area (Å²) in [5, 5.41) is 19.6. The third-order valence-electron chi connectivity index (χ3n) is 7.86. The highest BCUT2D eigenvalue weighted by Gasteiger charge is 2.50. The second kappa shape index (κ2) is 17.8. The Morgan fingerprint density at radius 1 is 0.977 bits per heavy atom. The third-order valence-corrected chi connectivity index (χ3v) is 9.00. The molecule has 1 aliphatic rings. The number of nitrogens with zero attached hydrogens (tertiary/aromatic N) is 3. The number of ether oxygens (including phenoxy) is 1. The molecular weight excluding hydrogens is 603 g/mol. The van der Waals surface area contributed by atoms with Crippen molar-refractivity contribution in [2.24, 2.45) is 5.10 Å². The number of thiocarbonyl (C=S) groups is 1. The van der Waals surface area contributed by atoms with Crippen LogP contribution in [0.4, 0.5) is 16.2 Å². The van der Waals surface area contributed by atoms with E-state index in [0.717, 1.165) is 18.7 Å². The molecule has 2 aromatic rings. The SMILES string of the molecule is CCCCCCCCCCCCOCCCNC(=O)N(c1cc(Cl)c(O)c(Cl)c1)C1(C)C(=S)N(c2ccccc2)N=C1C. The van der Waals surface area contributed by atoms with E-state index in [4.69, 9.17) is 45.3 Å². The van der Waals surface area contributed by atoms with Crippen LogP contribution >= 0.6 is 35.4 Å². The second-order valence-electron chi connectivity index (χ2n) is 11.2. The maximum atomic E-state index is 13.8. The first-order chi connectivity index (χ1) is 20.7. The molecule has 0 aromatic heterocycles. The number of phenolic OH excluding ortho intramolecular Hbond substituents is 1. The van der Waals surface area contributed by atoms with Crippen molar-refractivity contribution < 1.29 is 14.6 Å². The smallest absolute Gasteiger partial charge is 0.323 e. The van der Waals surface area contributed by atoms with Gasteiger partial charge in [-0.05, 0) is 51.0 Å². The van der Waals surface area contributed by atoms with E-state index in [0.29, 0.717) is 36.0 Å². The fourth-order valence-electron chi connectivity index (χ4n) is 5.16. The molecule has 236 valence electrons. The quantitative estimate of drug-likeness (QED) is 0.124. The minimum absolute atomic E-state index is 0.0303. The van der Waals surface area contributed by atoms with Crippen LogP contribution in [0.25, 0.3) is 0 Å². The predicted octanol–water partition coefficient (Wildman–Crippen LogP) is 9.52.